The Kier molecular flexibility index (Phi) is 2.65. The van der Waals surface area contributed by atoms with Crippen molar-refractivity contribution in [2.45, 2.75) is 66.2 Å². The zero-order chi connectivity index (χ0) is 14.1. The van der Waals surface area contributed by atoms with Crippen LogP contribution >= 0.6 is 0 Å². The van der Waals surface area contributed by atoms with Crippen LogP contribution < -0.4 is 0 Å². The number of rotatable bonds is 3. The van der Waals surface area contributed by atoms with Gasteiger partial charge in [-0.2, -0.15) is 0 Å². The first-order valence-corrected chi connectivity index (χ1v) is 8.78. The van der Waals surface area contributed by atoms with Crippen molar-refractivity contribution in [3.8, 4) is 0 Å². The first-order chi connectivity index (χ1) is 9.40. The monoisotopic (exact) mass is 270 g/mol. The van der Waals surface area contributed by atoms with Crippen LogP contribution in [0.4, 0.5) is 0 Å². The molecule has 4 atom stereocenters. The van der Waals surface area contributed by atoms with Gasteiger partial charge in [0, 0.05) is 0 Å². The van der Waals surface area contributed by atoms with Crippen LogP contribution in [0.2, 0.25) is 0 Å². The predicted molar refractivity (Wildman–Crippen MR) is 85.4 cm³/mol. The third-order valence-corrected chi connectivity index (χ3v) is 7.87. The first kappa shape index (κ1) is 13.2. The van der Waals surface area contributed by atoms with Gasteiger partial charge in [0.25, 0.3) is 0 Å². The summed E-state index contributed by atoms with van der Waals surface area (Å²) in [5.74, 6) is 3.79. The highest BCUT2D eigenvalue weighted by atomic mass is 14.6. The van der Waals surface area contributed by atoms with E-state index in [-0.39, 0.29) is 0 Å². The summed E-state index contributed by atoms with van der Waals surface area (Å²) in [4.78, 5) is 0. The highest BCUT2D eigenvalue weighted by Gasteiger charge is 2.52. The van der Waals surface area contributed by atoms with Crippen molar-refractivity contribution >= 4 is 0 Å². The van der Waals surface area contributed by atoms with Crippen LogP contribution in [-0.2, 0) is 0 Å². The van der Waals surface area contributed by atoms with E-state index in [1.807, 2.05) is 0 Å². The second kappa shape index (κ2) is 4.02. The van der Waals surface area contributed by atoms with Gasteiger partial charge < -0.3 is 0 Å². The molecule has 6 aliphatic rings. The van der Waals surface area contributed by atoms with Gasteiger partial charge in [0.2, 0.25) is 0 Å². The Morgan fingerprint density at radius 3 is 1.50 bits per heavy atom. The molecule has 0 nitrogen and oxygen atoms in total. The molecule has 4 bridgehead atoms. The van der Waals surface area contributed by atoms with E-state index in [1.165, 1.54) is 38.5 Å². The lowest BCUT2D eigenvalue weighted by atomic mass is 9.47. The van der Waals surface area contributed by atoms with Gasteiger partial charge in [-0.1, -0.05) is 51.0 Å². The molecule has 110 valence electrons. The molecule has 0 spiro atoms. The maximum atomic E-state index is 2.60. The van der Waals surface area contributed by atoms with Crippen LogP contribution in [0.3, 0.4) is 0 Å². The lowest BCUT2D eigenvalue weighted by Gasteiger charge is -2.58. The van der Waals surface area contributed by atoms with Crippen LogP contribution in [0.1, 0.15) is 66.2 Å². The van der Waals surface area contributed by atoms with Crippen molar-refractivity contribution in [1.29, 1.82) is 0 Å². The van der Waals surface area contributed by atoms with E-state index in [1.54, 1.807) is 11.1 Å². The van der Waals surface area contributed by atoms with Gasteiger partial charge in [0.1, 0.15) is 0 Å². The van der Waals surface area contributed by atoms with Gasteiger partial charge in [-0.15, -0.1) is 0 Å². The Hall–Kier alpha value is -0.520. The maximum absolute atomic E-state index is 2.60. The molecule has 2 saturated carbocycles. The van der Waals surface area contributed by atoms with Crippen molar-refractivity contribution in [3.05, 3.63) is 23.3 Å². The normalized spacial score (nSPS) is 43.0. The second-order valence-electron chi connectivity index (χ2n) is 9.14. The number of hydrogen-bond acceptors (Lipinski definition) is 0. The Bertz CT molecular complexity index is 442. The van der Waals surface area contributed by atoms with Crippen LogP contribution in [0.15, 0.2) is 23.3 Å². The minimum atomic E-state index is 0.603. The van der Waals surface area contributed by atoms with Crippen molar-refractivity contribution < 1.29 is 0 Å². The Balaban J connectivity index is 1.42. The van der Waals surface area contributed by atoms with Gasteiger partial charge in [-0.05, 0) is 73.0 Å². The zero-order valence-electron chi connectivity index (χ0n) is 13.7. The van der Waals surface area contributed by atoms with Crippen LogP contribution in [0, 0.1) is 34.5 Å². The Morgan fingerprint density at radius 2 is 1.20 bits per heavy atom. The lowest BCUT2D eigenvalue weighted by molar-refractivity contribution is -0.0132. The van der Waals surface area contributed by atoms with Crippen molar-refractivity contribution in [2.75, 3.05) is 0 Å². The average Bonchev–Trinajstić information content (AvgIpc) is 2.45. The molecule has 0 heterocycles. The van der Waals surface area contributed by atoms with Crippen LogP contribution in [0.25, 0.3) is 0 Å². The van der Waals surface area contributed by atoms with Gasteiger partial charge in [0.15, 0.2) is 0 Å². The summed E-state index contributed by atoms with van der Waals surface area (Å²) >= 11 is 0. The highest BCUT2D eigenvalue weighted by molar-refractivity contribution is 5.27. The molecule has 0 heteroatoms. The molecule has 2 fully saturated rings. The molecule has 0 saturated heterocycles. The minimum absolute atomic E-state index is 0.603. The molecule has 6 aliphatic carbocycles. The van der Waals surface area contributed by atoms with Crippen molar-refractivity contribution in [1.82, 2.24) is 0 Å². The Morgan fingerprint density at radius 1 is 0.800 bits per heavy atom. The highest BCUT2D eigenvalue weighted by Crippen LogP contribution is 2.62. The molecule has 0 amide bonds. The standard InChI is InChI=1S/C20H30/c1-19(2)15-9-7-13(17(19)11-15)5-6-14-8-10-16-12-18(14)20(16,3)4/h7-8,15-18H,5-6,9-12H2,1-4H3. The molecule has 0 aromatic carbocycles. The molecule has 0 aliphatic heterocycles. The molecule has 0 N–H and O–H groups in total. The Labute approximate surface area is 124 Å². The fourth-order valence-electron chi connectivity index (χ4n) is 5.80. The third kappa shape index (κ3) is 1.60. The third-order valence-electron chi connectivity index (χ3n) is 7.87. The van der Waals surface area contributed by atoms with Crippen LogP contribution in [0.5, 0.6) is 0 Å². The van der Waals surface area contributed by atoms with E-state index >= 15 is 0 Å². The van der Waals surface area contributed by atoms with Gasteiger partial charge in [-0.25, -0.2) is 0 Å². The molecule has 20 heavy (non-hydrogen) atoms. The summed E-state index contributed by atoms with van der Waals surface area (Å²) in [6, 6.07) is 0. The van der Waals surface area contributed by atoms with E-state index in [0.717, 1.165) is 23.7 Å². The molecule has 0 radical (unpaired) electrons. The van der Waals surface area contributed by atoms with Gasteiger partial charge in [-0.3, -0.25) is 0 Å². The van der Waals surface area contributed by atoms with E-state index < -0.39 is 0 Å². The molecule has 0 aromatic rings. The fraction of sp³-hybridized carbons (Fsp3) is 0.800. The van der Waals surface area contributed by atoms with E-state index in [9.17, 15) is 0 Å². The first-order valence-electron chi connectivity index (χ1n) is 8.78. The molecule has 0 aromatic heterocycles. The number of hydrogen-bond donors (Lipinski definition) is 0. The van der Waals surface area contributed by atoms with Crippen LogP contribution in [-0.4, -0.2) is 0 Å². The SMILES string of the molecule is CC1(C)C2CC=C(CCC3=CCC4CC3C4(C)C)C1C2. The molecule has 6 rings (SSSR count). The summed E-state index contributed by atoms with van der Waals surface area (Å²) in [5, 5.41) is 0. The largest absolute Gasteiger partial charge is 0.0847 e. The summed E-state index contributed by atoms with van der Waals surface area (Å²) in [7, 11) is 0. The summed E-state index contributed by atoms with van der Waals surface area (Å²) in [6.07, 6.45) is 13.6. The predicted octanol–water partition coefficient (Wildman–Crippen LogP) is 5.75. The number of fused-ring (bicyclic) bond motifs is 2. The summed E-state index contributed by atoms with van der Waals surface area (Å²) in [6.45, 7) is 9.99. The second-order valence-corrected chi connectivity index (χ2v) is 9.14. The van der Waals surface area contributed by atoms with Gasteiger partial charge in [0.05, 0.1) is 0 Å². The van der Waals surface area contributed by atoms with Crippen molar-refractivity contribution in [3.63, 3.8) is 0 Å². The molecular formula is C20H30. The topological polar surface area (TPSA) is 0 Å². The van der Waals surface area contributed by atoms with Gasteiger partial charge >= 0.3 is 0 Å². The van der Waals surface area contributed by atoms with E-state index in [0.29, 0.717) is 10.8 Å². The molecular weight excluding hydrogens is 240 g/mol. The minimum Gasteiger partial charge on any atom is -0.0847 e. The smallest absolute Gasteiger partial charge is 0.0146 e. The zero-order valence-corrected chi connectivity index (χ0v) is 13.7. The van der Waals surface area contributed by atoms with E-state index in [4.69, 9.17) is 0 Å². The van der Waals surface area contributed by atoms with E-state index in [2.05, 4.69) is 39.8 Å². The summed E-state index contributed by atoms with van der Waals surface area (Å²) < 4.78 is 0. The average molecular weight is 270 g/mol. The lowest BCUT2D eigenvalue weighted by Crippen LogP contribution is -2.49. The number of allylic oxidation sites excluding steroid dienone is 4. The summed E-state index contributed by atoms with van der Waals surface area (Å²) in [5.41, 5.74) is 4.81. The quantitative estimate of drug-likeness (QED) is 0.573. The maximum Gasteiger partial charge on any atom is -0.0146 e. The fourth-order valence-corrected chi connectivity index (χ4v) is 5.80. The van der Waals surface area contributed by atoms with Crippen molar-refractivity contribution in [2.24, 2.45) is 34.5 Å². The molecule has 4 unspecified atom stereocenters.